The molecule has 36 heteroatoms. The van der Waals surface area contributed by atoms with Crippen LogP contribution in [-0.4, -0.2) is 275 Å². The maximum atomic E-state index is 12.0. The van der Waals surface area contributed by atoms with Gasteiger partial charge in [-0.05, 0) is 304 Å². The van der Waals surface area contributed by atoms with Crippen molar-refractivity contribution in [3.8, 4) is 0 Å². The fourth-order valence-electron chi connectivity index (χ4n) is 12.1. The van der Waals surface area contributed by atoms with E-state index in [1.165, 1.54) is 57.3 Å². The normalized spacial score (nSPS) is 17.8. The van der Waals surface area contributed by atoms with E-state index in [0.717, 1.165) is 67.9 Å². The maximum Gasteiger partial charge on any atom is 0.215 e. The number of rotatable bonds is 36. The van der Waals surface area contributed by atoms with Crippen LogP contribution in [0.15, 0.2) is 146 Å². The van der Waals surface area contributed by atoms with E-state index in [2.05, 4.69) is 49.0 Å². The largest absolute Gasteiger partial charge is 0.361 e. The Morgan fingerprint density at radius 2 is 0.475 bits per heavy atom. The third-order valence-corrected chi connectivity index (χ3v) is 25.3. The van der Waals surface area contributed by atoms with Crippen LogP contribution >= 0.6 is 0 Å². The summed E-state index contributed by atoms with van der Waals surface area (Å²) >= 11 is 0. The lowest BCUT2D eigenvalue weighted by atomic mass is 10.1. The second-order valence-electron chi connectivity index (χ2n) is 28.1. The highest BCUT2D eigenvalue weighted by molar-refractivity contribution is 7.90. The van der Waals surface area contributed by atoms with Crippen molar-refractivity contribution >= 4 is 126 Å². The Morgan fingerprint density at radius 3 is 0.692 bits per heavy atom. The number of aryl methyl sites for hydroxylation is 3. The van der Waals surface area contributed by atoms with Gasteiger partial charge in [-0.25, -0.2) is 78.8 Å². The molecule has 0 spiro atoms. The highest BCUT2D eigenvalue weighted by Crippen LogP contribution is 2.28. The van der Waals surface area contributed by atoms with Gasteiger partial charge in [0.1, 0.15) is 0 Å². The summed E-state index contributed by atoms with van der Waals surface area (Å²) in [5.74, 6) is -1.94. The fourth-order valence-corrected chi connectivity index (χ4v) is 16.4. The van der Waals surface area contributed by atoms with E-state index in [-0.39, 0.29) is 53.7 Å². The first kappa shape index (κ1) is 60.3. The molecule has 0 amide bonds. The average molecular weight is 1810 g/mol. The van der Waals surface area contributed by atoms with Crippen molar-refractivity contribution in [1.29, 1.82) is 0 Å². The van der Waals surface area contributed by atoms with Crippen molar-refractivity contribution in [3.05, 3.63) is 213 Å². The summed E-state index contributed by atoms with van der Waals surface area (Å²) < 4.78 is 399. The molecule has 12 aromatic rings. The Morgan fingerprint density at radius 1 is 0.267 bits per heavy atom. The number of nitrogens with zero attached hydrogens (tertiary/aromatic N) is 6. The first-order valence-electron chi connectivity index (χ1n) is 53.0. The summed E-state index contributed by atoms with van der Waals surface area (Å²) in [6.07, 6.45) is 11.1. The number of benzene rings is 6. The Hall–Kier alpha value is -8.22. The highest BCUT2D eigenvalue weighted by Gasteiger charge is 2.19. The van der Waals surface area contributed by atoms with Crippen LogP contribution in [0.25, 0.3) is 65.4 Å². The molecule has 0 aliphatic heterocycles. The second-order valence-corrected chi connectivity index (χ2v) is 39.0. The number of H-pyrrole nitrogens is 6. The number of aromatic amines is 6. The number of hydrogen-bond acceptors (Lipinski definition) is 18. The molecule has 0 fully saturated rings. The molecule has 30 nitrogen and oxygen atoms in total. The summed E-state index contributed by atoms with van der Waals surface area (Å²) in [4.78, 5) is 24.1. The number of likely N-dealkylation sites (N-methyl/N-ethyl adjacent to an activating group) is 6. The van der Waals surface area contributed by atoms with Gasteiger partial charge in [0, 0.05) is 187 Å². The van der Waals surface area contributed by atoms with Gasteiger partial charge in [-0.2, -0.15) is 0 Å². The van der Waals surface area contributed by atoms with E-state index in [4.69, 9.17) is 45.2 Å². The number of sulfonamides is 6. The van der Waals surface area contributed by atoms with Crippen LogP contribution in [0.4, 0.5) is 0 Å². The van der Waals surface area contributed by atoms with Crippen molar-refractivity contribution in [2.24, 2.45) is 0 Å². The van der Waals surface area contributed by atoms with E-state index >= 15 is 0 Å². The first-order valence-corrected chi connectivity index (χ1v) is 46.5. The SMILES string of the molecule is [2H]C([2H])(Cc1c[nH]c2ccc(CS(=O)(=O)NC)cc12)N(C)C.[2H]C([2H])([2H])N(C([2H])([2H])[2H])C([2H])([2H])Cc1c[nH]c2ccc(CS(=O)(=O)NC)cc12.[2H]C([2H])([2H])N(C)C([2H])([2H])Cc1c[nH]c2ccc(CS(=O)(=O)NC)cc12.[2H]C([2H])([2H])NS(=O)(=O)Cc1ccc2[nH]cc(CCN(C([2H])([2H])[2H])C([2H])([2H])[2H])c2c1.[2H]C([2H])([2H])NS(=O)(=O)Cc1ccc2[nH]cc(CCN(C)C([2H])([2H])[2H])c2c1.[2H]C([2H])([2H])NS(=O)(=O)Cc1ccc2[nH]cc(CCN(C)C)c2c1. The highest BCUT2D eigenvalue weighted by atomic mass is 32.2. The number of nitrogens with one attached hydrogen (secondary N) is 12. The minimum atomic E-state index is -4.10. The quantitative estimate of drug-likeness (QED) is 0.0177. The molecule has 0 aliphatic rings. The Balaban J connectivity index is 0.000000248. The van der Waals surface area contributed by atoms with Crippen LogP contribution in [0.1, 0.15) is 112 Å². The molecule has 6 aromatic carbocycles. The van der Waals surface area contributed by atoms with Gasteiger partial charge in [0.15, 0.2) is 0 Å². The average Bonchev–Trinajstić information content (AvgIpc) is 1.62. The van der Waals surface area contributed by atoms with Crippen LogP contribution in [-0.2, 0) is 133 Å². The zero-order valence-electron chi connectivity index (χ0n) is 100. The molecule has 12 rings (SSSR count). The zero-order valence-corrected chi connectivity index (χ0v) is 72.4. The molecule has 0 saturated heterocycles. The third-order valence-electron chi connectivity index (χ3n) is 18.2. The van der Waals surface area contributed by atoms with Gasteiger partial charge >= 0.3 is 0 Å². The van der Waals surface area contributed by atoms with E-state index < -0.39 is 160 Å². The number of fused-ring (bicyclic) bond motifs is 6. The van der Waals surface area contributed by atoms with Crippen molar-refractivity contribution < 1.29 is 95.7 Å². The van der Waals surface area contributed by atoms with Crippen molar-refractivity contribution in [1.82, 2.24) is 87.6 Å². The molecule has 6 aromatic heterocycles. The summed E-state index contributed by atoms with van der Waals surface area (Å²) in [5.41, 5.74) is 11.9. The number of aromatic nitrogens is 6. The fraction of sp³-hybridized carbons (Fsp3) is 0.429. The molecule has 0 saturated carbocycles. The first-order chi connectivity index (χ1) is 69.4. The number of hydrogen-bond donors (Lipinski definition) is 12. The van der Waals surface area contributed by atoms with Crippen molar-refractivity contribution in [2.75, 3.05) is 165 Å². The summed E-state index contributed by atoms with van der Waals surface area (Å²) in [7, 11) is -8.16. The van der Waals surface area contributed by atoms with Crippen LogP contribution in [0, 0.1) is 0 Å². The third kappa shape index (κ3) is 31.9. The predicted octanol–water partition coefficient (Wildman–Crippen LogP) is 7.93. The van der Waals surface area contributed by atoms with Gasteiger partial charge in [-0.3, -0.25) is 0 Å². The molecule has 0 radical (unpaired) electrons. The van der Waals surface area contributed by atoms with Crippen LogP contribution in [0.3, 0.4) is 0 Å². The molecule has 660 valence electrons. The van der Waals surface area contributed by atoms with Crippen molar-refractivity contribution in [3.63, 3.8) is 0 Å². The summed E-state index contributed by atoms with van der Waals surface area (Å²) in [5, 5.41) is 4.37. The molecule has 0 unspecified atom stereocenters. The predicted molar refractivity (Wildman–Crippen MR) is 493 cm³/mol. The summed E-state index contributed by atoms with van der Waals surface area (Å²) in [6.45, 7) is -30.3. The van der Waals surface area contributed by atoms with Gasteiger partial charge in [0.05, 0.1) is 34.5 Å². The zero-order chi connectivity index (χ0) is 116. The monoisotopic (exact) mass is 1800 g/mol. The lowest BCUT2D eigenvalue weighted by Crippen LogP contribution is -2.20. The molecule has 0 atom stereocenters. The van der Waals surface area contributed by atoms with E-state index in [9.17, 15) is 50.5 Å². The van der Waals surface area contributed by atoms with Crippen LogP contribution < -0.4 is 28.3 Å². The molecular weight excluding hydrogens is 1650 g/mol. The van der Waals surface area contributed by atoms with Gasteiger partial charge in [0.25, 0.3) is 0 Å². The smallest absolute Gasteiger partial charge is 0.215 e. The van der Waals surface area contributed by atoms with Gasteiger partial charge in [-0.1, -0.05) is 36.4 Å². The Bertz CT molecular complexity index is 7420. The molecule has 0 aliphatic carbocycles. The summed E-state index contributed by atoms with van der Waals surface area (Å²) in [6, 6.07) is 30.3. The molecule has 6 heterocycles. The minimum absolute atomic E-state index is 0.0926. The minimum Gasteiger partial charge on any atom is -0.361 e. The maximum absolute atomic E-state index is 12.0. The molecular formula is C84H126N18O12S6. The van der Waals surface area contributed by atoms with E-state index in [1.807, 2.05) is 38.5 Å². The molecule has 0 bridgehead atoms. The van der Waals surface area contributed by atoms with Gasteiger partial charge in [-0.15, -0.1) is 0 Å². The van der Waals surface area contributed by atoms with Gasteiger partial charge < -0.3 is 59.3 Å². The van der Waals surface area contributed by atoms with Crippen molar-refractivity contribution in [2.45, 2.75) is 73.0 Å². The standard InChI is InChI=1S/6C14H21N3O2S/c6*1-15-20(18,19)10-11-4-5-14-13(8-11)12(9-16-14)6-7-17(2)3/h6*4-5,8-9,15-16H,6-7,10H2,1-3H3/i2D3,3D3,7D2;1D3,2D3,3D3;2D3,7D2;1D3,2D3;7D2;1D3. The lowest BCUT2D eigenvalue weighted by molar-refractivity contribution is 0.414. The van der Waals surface area contributed by atoms with E-state index in [0.29, 0.717) is 100 Å². The van der Waals surface area contributed by atoms with Crippen LogP contribution in [0.2, 0.25) is 0 Å². The van der Waals surface area contributed by atoms with Gasteiger partial charge in [0.2, 0.25) is 60.1 Å². The Kier molecular flexibility index (Phi) is 22.7. The lowest BCUT2D eigenvalue weighted by Gasteiger charge is -2.08. The molecule has 12 N–H and O–H groups in total. The van der Waals surface area contributed by atoms with Crippen LogP contribution in [0.5, 0.6) is 0 Å². The topological polar surface area (TPSA) is 391 Å². The second kappa shape index (κ2) is 45.2. The van der Waals surface area contributed by atoms with E-state index in [1.54, 1.807) is 138 Å². The molecule has 120 heavy (non-hydrogen) atoms. The Labute approximate surface area is 757 Å².